The molecule has 0 bridgehead atoms. The summed E-state index contributed by atoms with van der Waals surface area (Å²) in [7, 11) is -0.712. The molecule has 0 aliphatic carbocycles. The molecule has 0 unspecified atom stereocenters. The van der Waals surface area contributed by atoms with Crippen molar-refractivity contribution in [2.45, 2.75) is 18.2 Å². The highest BCUT2D eigenvalue weighted by Crippen LogP contribution is 2.33. The quantitative estimate of drug-likeness (QED) is 0.577. The van der Waals surface area contributed by atoms with Gasteiger partial charge in [-0.15, -0.1) is 0 Å². The van der Waals surface area contributed by atoms with Crippen LogP contribution in [0.15, 0.2) is 41.3 Å². The van der Waals surface area contributed by atoms with Crippen LogP contribution in [0.1, 0.15) is 12.5 Å². The zero-order chi connectivity index (χ0) is 21.3. The first-order valence-electron chi connectivity index (χ1n) is 9.83. The first-order chi connectivity index (χ1) is 14.5. The highest BCUT2D eigenvalue weighted by Gasteiger charge is 2.32. The largest absolute Gasteiger partial charge is 0.497 e. The number of methoxy groups -OCH3 is 2. The van der Waals surface area contributed by atoms with E-state index in [4.69, 9.17) is 14.5 Å². The molecule has 1 aliphatic rings. The van der Waals surface area contributed by atoms with Crippen molar-refractivity contribution in [1.29, 1.82) is 0 Å². The molecule has 0 saturated carbocycles. The van der Waals surface area contributed by atoms with E-state index in [1.54, 1.807) is 23.5 Å². The summed E-state index contributed by atoms with van der Waals surface area (Å²) in [6.07, 6.45) is 0.993. The zero-order valence-electron chi connectivity index (χ0n) is 17.3. The summed E-state index contributed by atoms with van der Waals surface area (Å²) < 4.78 is 39.7. The van der Waals surface area contributed by atoms with Gasteiger partial charge < -0.3 is 14.4 Å². The van der Waals surface area contributed by atoms with Gasteiger partial charge in [-0.2, -0.15) is 4.31 Å². The Morgan fingerprint density at radius 1 is 1.03 bits per heavy atom. The standard InChI is InChI=1S/C21H25N3O4S2/c1-4-15-5-7-17-19(13-15)29-21(22-17)23-9-11-24(12-10-23)30(25,26)20-14-16(27-2)6-8-18(20)28-3/h5-8,13-14H,4,9-12H2,1-3H3. The molecule has 1 aromatic heterocycles. The molecule has 160 valence electrons. The third-order valence-electron chi connectivity index (χ3n) is 5.35. The summed E-state index contributed by atoms with van der Waals surface area (Å²) in [6.45, 7) is 4.09. The molecule has 0 atom stereocenters. The van der Waals surface area contributed by atoms with Gasteiger partial charge in [-0.3, -0.25) is 0 Å². The lowest BCUT2D eigenvalue weighted by Crippen LogP contribution is -2.48. The van der Waals surface area contributed by atoms with Crippen LogP contribution in [0.4, 0.5) is 5.13 Å². The number of sulfonamides is 1. The molecule has 9 heteroatoms. The minimum absolute atomic E-state index is 0.130. The van der Waals surface area contributed by atoms with Gasteiger partial charge in [0, 0.05) is 32.2 Å². The predicted octanol–water partition coefficient (Wildman–Crippen LogP) is 3.39. The Bertz CT molecular complexity index is 1150. The second-order valence-electron chi connectivity index (χ2n) is 7.06. The predicted molar refractivity (Wildman–Crippen MR) is 120 cm³/mol. The minimum atomic E-state index is -3.69. The molecular weight excluding hydrogens is 422 g/mol. The van der Waals surface area contributed by atoms with Gasteiger partial charge in [0.2, 0.25) is 10.0 Å². The molecule has 0 N–H and O–H groups in total. The number of benzene rings is 2. The lowest BCUT2D eigenvalue weighted by atomic mass is 10.2. The van der Waals surface area contributed by atoms with Crippen molar-refractivity contribution in [2.24, 2.45) is 0 Å². The molecule has 4 rings (SSSR count). The minimum Gasteiger partial charge on any atom is -0.497 e. The van der Waals surface area contributed by atoms with E-state index in [1.165, 1.54) is 34.9 Å². The summed E-state index contributed by atoms with van der Waals surface area (Å²) in [5.41, 5.74) is 2.28. The number of hydrogen-bond donors (Lipinski definition) is 0. The number of thiazole rings is 1. The number of fused-ring (bicyclic) bond motifs is 1. The molecule has 30 heavy (non-hydrogen) atoms. The molecule has 7 nitrogen and oxygen atoms in total. The van der Waals surface area contributed by atoms with Crippen molar-refractivity contribution in [3.8, 4) is 11.5 Å². The number of ether oxygens (including phenoxy) is 2. The van der Waals surface area contributed by atoms with Gasteiger partial charge in [0.1, 0.15) is 16.4 Å². The number of aryl methyl sites for hydroxylation is 1. The number of aromatic nitrogens is 1. The van der Waals surface area contributed by atoms with Gasteiger partial charge >= 0.3 is 0 Å². The highest BCUT2D eigenvalue weighted by molar-refractivity contribution is 7.89. The number of piperazine rings is 1. The van der Waals surface area contributed by atoms with Crippen LogP contribution in [-0.4, -0.2) is 58.1 Å². The number of anilines is 1. The van der Waals surface area contributed by atoms with Crippen LogP contribution in [0, 0.1) is 0 Å². The summed E-state index contributed by atoms with van der Waals surface area (Å²) in [6, 6.07) is 11.2. The van der Waals surface area contributed by atoms with Crippen LogP contribution in [-0.2, 0) is 16.4 Å². The van der Waals surface area contributed by atoms with E-state index in [0.29, 0.717) is 37.7 Å². The zero-order valence-corrected chi connectivity index (χ0v) is 18.9. The first-order valence-corrected chi connectivity index (χ1v) is 12.1. The van der Waals surface area contributed by atoms with Gasteiger partial charge in [0.05, 0.1) is 24.4 Å². The van der Waals surface area contributed by atoms with E-state index < -0.39 is 10.0 Å². The van der Waals surface area contributed by atoms with Crippen LogP contribution >= 0.6 is 11.3 Å². The Kier molecular flexibility index (Phi) is 5.86. The monoisotopic (exact) mass is 447 g/mol. The van der Waals surface area contributed by atoms with Crippen LogP contribution < -0.4 is 14.4 Å². The van der Waals surface area contributed by atoms with Crippen molar-refractivity contribution >= 4 is 36.7 Å². The van der Waals surface area contributed by atoms with E-state index in [1.807, 2.05) is 0 Å². The van der Waals surface area contributed by atoms with E-state index in [9.17, 15) is 8.42 Å². The topological polar surface area (TPSA) is 72.0 Å². The van der Waals surface area contributed by atoms with Gasteiger partial charge in [-0.05, 0) is 36.2 Å². The van der Waals surface area contributed by atoms with Crippen molar-refractivity contribution in [3.05, 3.63) is 42.0 Å². The molecule has 1 saturated heterocycles. The van der Waals surface area contributed by atoms with E-state index in [0.717, 1.165) is 17.1 Å². The smallest absolute Gasteiger partial charge is 0.247 e. The average molecular weight is 448 g/mol. The van der Waals surface area contributed by atoms with Crippen molar-refractivity contribution in [1.82, 2.24) is 9.29 Å². The molecule has 3 aromatic rings. The molecule has 0 radical (unpaired) electrons. The van der Waals surface area contributed by atoms with Crippen LogP contribution in [0.5, 0.6) is 11.5 Å². The van der Waals surface area contributed by atoms with Crippen LogP contribution in [0.3, 0.4) is 0 Å². The van der Waals surface area contributed by atoms with Crippen LogP contribution in [0.25, 0.3) is 10.2 Å². The van der Waals surface area contributed by atoms with Gasteiger partial charge in [-0.1, -0.05) is 24.3 Å². The molecule has 1 fully saturated rings. The summed E-state index contributed by atoms with van der Waals surface area (Å²) in [5, 5.41) is 0.939. The van der Waals surface area contributed by atoms with Gasteiger partial charge in [0.15, 0.2) is 5.13 Å². The lowest BCUT2D eigenvalue weighted by Gasteiger charge is -2.34. The fourth-order valence-electron chi connectivity index (χ4n) is 3.56. The van der Waals surface area contributed by atoms with Crippen molar-refractivity contribution < 1.29 is 17.9 Å². The summed E-state index contributed by atoms with van der Waals surface area (Å²) >= 11 is 1.66. The fraction of sp³-hybridized carbons (Fsp3) is 0.381. The molecule has 2 aromatic carbocycles. The molecule has 2 heterocycles. The Morgan fingerprint density at radius 3 is 2.47 bits per heavy atom. The number of nitrogens with zero attached hydrogens (tertiary/aromatic N) is 3. The van der Waals surface area contributed by atoms with Crippen molar-refractivity contribution in [3.63, 3.8) is 0 Å². The average Bonchev–Trinajstić information content (AvgIpc) is 3.22. The summed E-state index contributed by atoms with van der Waals surface area (Å²) in [4.78, 5) is 7.03. The molecule has 0 amide bonds. The maximum absolute atomic E-state index is 13.2. The molecular formula is C21H25N3O4S2. The third-order valence-corrected chi connectivity index (χ3v) is 8.35. The van der Waals surface area contributed by atoms with Gasteiger partial charge in [0.25, 0.3) is 0 Å². The number of rotatable bonds is 6. The molecule has 0 spiro atoms. The Morgan fingerprint density at radius 2 is 1.80 bits per heavy atom. The highest BCUT2D eigenvalue weighted by atomic mass is 32.2. The van der Waals surface area contributed by atoms with Gasteiger partial charge in [-0.25, -0.2) is 13.4 Å². The number of hydrogen-bond acceptors (Lipinski definition) is 7. The maximum Gasteiger partial charge on any atom is 0.247 e. The third kappa shape index (κ3) is 3.84. The molecule has 1 aliphatic heterocycles. The van der Waals surface area contributed by atoms with Crippen LogP contribution in [0.2, 0.25) is 0 Å². The maximum atomic E-state index is 13.2. The summed E-state index contributed by atoms with van der Waals surface area (Å²) in [5.74, 6) is 0.796. The first kappa shape index (κ1) is 20.9. The fourth-order valence-corrected chi connectivity index (χ4v) is 6.23. The lowest BCUT2D eigenvalue weighted by molar-refractivity contribution is 0.370. The van der Waals surface area contributed by atoms with Crippen molar-refractivity contribution in [2.75, 3.05) is 45.3 Å². The van der Waals surface area contributed by atoms with E-state index in [2.05, 4.69) is 30.0 Å². The SMILES string of the molecule is CCc1ccc2nc(N3CCN(S(=O)(=O)c4cc(OC)ccc4OC)CC3)sc2c1. The Balaban J connectivity index is 1.53. The van der Waals surface area contributed by atoms with E-state index >= 15 is 0 Å². The normalized spacial score (nSPS) is 15.5. The Labute approximate surface area is 180 Å². The van der Waals surface area contributed by atoms with E-state index in [-0.39, 0.29) is 4.90 Å². The Hall–Kier alpha value is -2.36. The second-order valence-corrected chi connectivity index (χ2v) is 9.98. The second kappa shape index (κ2) is 8.41.